The number of nitrogens with zero attached hydrogens (tertiary/aromatic N) is 6. The largest absolute Gasteiger partial charge is 0.354 e. The van der Waals surface area contributed by atoms with Gasteiger partial charge in [-0.15, -0.1) is 0 Å². The van der Waals surface area contributed by atoms with Gasteiger partial charge in [-0.2, -0.15) is 5.26 Å². The second-order valence-corrected chi connectivity index (χ2v) is 6.80. The van der Waals surface area contributed by atoms with Crippen LogP contribution < -0.4 is 10.5 Å². The Hall–Kier alpha value is -3.24. The summed E-state index contributed by atoms with van der Waals surface area (Å²) in [6.07, 6.45) is 3.49. The summed E-state index contributed by atoms with van der Waals surface area (Å²) in [7, 11) is 0. The lowest BCUT2D eigenvalue weighted by atomic mass is 10.2. The van der Waals surface area contributed by atoms with Gasteiger partial charge >= 0.3 is 0 Å². The summed E-state index contributed by atoms with van der Waals surface area (Å²) in [4.78, 5) is 25.8. The molecular formula is C20H20N6O. The Morgan fingerprint density at radius 1 is 1.15 bits per heavy atom. The van der Waals surface area contributed by atoms with E-state index >= 15 is 0 Å². The van der Waals surface area contributed by atoms with Crippen LogP contribution in [0.3, 0.4) is 0 Å². The minimum absolute atomic E-state index is 0.0464. The van der Waals surface area contributed by atoms with Crippen LogP contribution in [0.15, 0.2) is 47.5 Å². The van der Waals surface area contributed by atoms with Gasteiger partial charge in [0.25, 0.3) is 5.56 Å². The molecule has 0 amide bonds. The first kappa shape index (κ1) is 17.2. The zero-order valence-corrected chi connectivity index (χ0v) is 15.2. The number of fused-ring (bicyclic) bond motifs is 1. The number of pyridine rings is 2. The molecule has 0 spiro atoms. The van der Waals surface area contributed by atoms with E-state index in [1.54, 1.807) is 22.7 Å². The van der Waals surface area contributed by atoms with Gasteiger partial charge in [-0.05, 0) is 30.7 Å². The number of hydrogen-bond donors (Lipinski definition) is 0. The number of aryl methyl sites for hydroxylation is 1. The maximum Gasteiger partial charge on any atom is 0.258 e. The summed E-state index contributed by atoms with van der Waals surface area (Å²) in [6.45, 7) is 5.97. The highest BCUT2D eigenvalue weighted by Gasteiger charge is 2.19. The molecule has 3 aromatic heterocycles. The highest BCUT2D eigenvalue weighted by molar-refractivity contribution is 5.45. The maximum absolute atomic E-state index is 12.4. The first-order chi connectivity index (χ1) is 13.1. The molecule has 4 heterocycles. The van der Waals surface area contributed by atoms with Crippen molar-refractivity contribution in [1.29, 1.82) is 5.26 Å². The van der Waals surface area contributed by atoms with E-state index < -0.39 is 0 Å². The van der Waals surface area contributed by atoms with E-state index in [0.29, 0.717) is 17.8 Å². The molecule has 0 N–H and O–H groups in total. The van der Waals surface area contributed by atoms with Crippen LogP contribution in [0, 0.1) is 18.3 Å². The van der Waals surface area contributed by atoms with E-state index in [0.717, 1.165) is 43.3 Å². The average molecular weight is 360 g/mol. The molecule has 0 aliphatic carbocycles. The van der Waals surface area contributed by atoms with Crippen molar-refractivity contribution >= 4 is 11.5 Å². The van der Waals surface area contributed by atoms with Crippen molar-refractivity contribution in [1.82, 2.24) is 19.3 Å². The standard InChI is InChI=1S/C20H20N6O/c1-15-2-3-18-23-17(11-20(27)26(18)13-15)14-24-6-8-25(9-7-24)19-10-16(12-21)4-5-22-19/h2-5,10-11,13H,6-9,14H2,1H3. The summed E-state index contributed by atoms with van der Waals surface area (Å²) >= 11 is 0. The fraction of sp³-hybridized carbons (Fsp3) is 0.300. The second-order valence-electron chi connectivity index (χ2n) is 6.80. The molecule has 0 radical (unpaired) electrons. The van der Waals surface area contributed by atoms with Crippen LogP contribution in [0.1, 0.15) is 16.8 Å². The Morgan fingerprint density at radius 3 is 2.74 bits per heavy atom. The number of nitriles is 1. The molecular weight excluding hydrogens is 340 g/mol. The first-order valence-electron chi connectivity index (χ1n) is 8.95. The number of rotatable bonds is 3. The van der Waals surface area contributed by atoms with Gasteiger partial charge < -0.3 is 4.90 Å². The van der Waals surface area contributed by atoms with E-state index in [1.807, 2.05) is 31.3 Å². The molecule has 1 aliphatic heterocycles. The van der Waals surface area contributed by atoms with Gasteiger partial charge in [-0.1, -0.05) is 6.07 Å². The van der Waals surface area contributed by atoms with Crippen LogP contribution in [0.2, 0.25) is 0 Å². The number of anilines is 1. The molecule has 136 valence electrons. The van der Waals surface area contributed by atoms with Gasteiger partial charge in [-0.3, -0.25) is 14.1 Å². The molecule has 1 saturated heterocycles. The SMILES string of the molecule is Cc1ccc2nc(CN3CCN(c4cc(C#N)ccn4)CC3)cc(=O)n2c1. The monoisotopic (exact) mass is 360 g/mol. The second kappa shape index (κ2) is 7.17. The Balaban J connectivity index is 1.45. The quantitative estimate of drug-likeness (QED) is 0.706. The van der Waals surface area contributed by atoms with Crippen LogP contribution >= 0.6 is 0 Å². The first-order valence-corrected chi connectivity index (χ1v) is 8.95. The van der Waals surface area contributed by atoms with E-state index in [4.69, 9.17) is 5.26 Å². The molecule has 3 aromatic rings. The van der Waals surface area contributed by atoms with Gasteiger partial charge in [0.2, 0.25) is 0 Å². The Kier molecular flexibility index (Phi) is 4.57. The van der Waals surface area contributed by atoms with Crippen molar-refractivity contribution in [2.45, 2.75) is 13.5 Å². The number of hydrogen-bond acceptors (Lipinski definition) is 6. The number of aromatic nitrogens is 3. The lowest BCUT2D eigenvalue weighted by Crippen LogP contribution is -2.46. The van der Waals surface area contributed by atoms with Crippen molar-refractivity contribution < 1.29 is 0 Å². The summed E-state index contributed by atoms with van der Waals surface area (Å²) in [6, 6.07) is 11.2. The minimum atomic E-state index is -0.0464. The average Bonchev–Trinajstić information content (AvgIpc) is 2.69. The molecule has 7 nitrogen and oxygen atoms in total. The summed E-state index contributed by atoms with van der Waals surface area (Å²) in [5.74, 6) is 0.839. The van der Waals surface area contributed by atoms with Crippen molar-refractivity contribution in [3.8, 4) is 6.07 Å². The van der Waals surface area contributed by atoms with Crippen LogP contribution in [-0.4, -0.2) is 45.4 Å². The van der Waals surface area contributed by atoms with Crippen molar-refractivity contribution in [3.63, 3.8) is 0 Å². The zero-order valence-electron chi connectivity index (χ0n) is 15.2. The van der Waals surface area contributed by atoms with Crippen molar-refractivity contribution in [2.75, 3.05) is 31.1 Å². The predicted octanol–water partition coefficient (Wildman–Crippen LogP) is 1.59. The molecule has 0 aromatic carbocycles. The minimum Gasteiger partial charge on any atom is -0.354 e. The molecule has 1 aliphatic rings. The third-order valence-electron chi connectivity index (χ3n) is 4.82. The van der Waals surface area contributed by atoms with Gasteiger partial charge in [0.1, 0.15) is 11.5 Å². The predicted molar refractivity (Wildman–Crippen MR) is 103 cm³/mol. The normalized spacial score (nSPS) is 15.0. The fourth-order valence-corrected chi connectivity index (χ4v) is 3.36. The van der Waals surface area contributed by atoms with E-state index in [9.17, 15) is 4.79 Å². The smallest absolute Gasteiger partial charge is 0.258 e. The van der Waals surface area contributed by atoms with E-state index in [2.05, 4.69) is 25.8 Å². The molecule has 0 unspecified atom stereocenters. The summed E-state index contributed by atoms with van der Waals surface area (Å²) < 4.78 is 1.59. The Labute approximate surface area is 157 Å². The van der Waals surface area contributed by atoms with Gasteiger partial charge in [0.05, 0.1) is 17.3 Å². The van der Waals surface area contributed by atoms with Crippen LogP contribution in [0.25, 0.3) is 5.65 Å². The highest BCUT2D eigenvalue weighted by Crippen LogP contribution is 2.16. The van der Waals surface area contributed by atoms with Crippen molar-refractivity contribution in [3.05, 3.63) is 69.9 Å². The fourth-order valence-electron chi connectivity index (χ4n) is 3.36. The molecule has 4 rings (SSSR count). The third kappa shape index (κ3) is 3.66. The lowest BCUT2D eigenvalue weighted by molar-refractivity contribution is 0.246. The van der Waals surface area contributed by atoms with Gasteiger partial charge in [0, 0.05) is 51.2 Å². The van der Waals surface area contributed by atoms with Crippen LogP contribution in [0.5, 0.6) is 0 Å². The molecule has 0 bridgehead atoms. The molecule has 0 saturated carbocycles. The third-order valence-corrected chi connectivity index (χ3v) is 4.82. The number of piperazine rings is 1. The lowest BCUT2D eigenvalue weighted by Gasteiger charge is -2.35. The molecule has 0 atom stereocenters. The summed E-state index contributed by atoms with van der Waals surface area (Å²) in [5.41, 5.74) is 3.08. The van der Waals surface area contributed by atoms with Gasteiger partial charge in [-0.25, -0.2) is 9.97 Å². The molecule has 7 heteroatoms. The Morgan fingerprint density at radius 2 is 1.96 bits per heavy atom. The maximum atomic E-state index is 12.4. The van der Waals surface area contributed by atoms with Crippen molar-refractivity contribution in [2.24, 2.45) is 0 Å². The Bertz CT molecular complexity index is 1080. The van der Waals surface area contributed by atoms with Crippen LogP contribution in [0.4, 0.5) is 5.82 Å². The topological polar surface area (TPSA) is 77.5 Å². The van der Waals surface area contributed by atoms with Crippen LogP contribution in [-0.2, 0) is 6.54 Å². The molecule has 27 heavy (non-hydrogen) atoms. The van der Waals surface area contributed by atoms with E-state index in [-0.39, 0.29) is 5.56 Å². The summed E-state index contributed by atoms with van der Waals surface area (Å²) in [5, 5.41) is 9.04. The zero-order chi connectivity index (χ0) is 18.8. The van der Waals surface area contributed by atoms with E-state index in [1.165, 1.54) is 0 Å². The molecule has 1 fully saturated rings. The highest BCUT2D eigenvalue weighted by atomic mass is 16.1. The van der Waals surface area contributed by atoms with Gasteiger partial charge in [0.15, 0.2) is 0 Å².